The molecule has 5 heteroatoms. The van der Waals surface area contributed by atoms with Crippen LogP contribution in [-0.4, -0.2) is 0 Å². The van der Waals surface area contributed by atoms with Crippen LogP contribution >= 0.6 is 31.9 Å². The molecule has 1 aromatic heterocycles. The highest BCUT2D eigenvalue weighted by atomic mass is 79.9. The SMILES string of the molecule is Fc1ccc(F)c(C(Br)c2ccc(Br)o2)c1. The summed E-state index contributed by atoms with van der Waals surface area (Å²) < 4.78 is 32.3. The van der Waals surface area contributed by atoms with Crippen molar-refractivity contribution < 1.29 is 13.2 Å². The van der Waals surface area contributed by atoms with Crippen LogP contribution in [0.5, 0.6) is 0 Å². The van der Waals surface area contributed by atoms with Crippen LogP contribution in [0.25, 0.3) is 0 Å². The highest BCUT2D eigenvalue weighted by Crippen LogP contribution is 2.34. The monoisotopic (exact) mass is 350 g/mol. The molecular formula is C11H6Br2F2O. The molecule has 1 unspecified atom stereocenters. The number of alkyl halides is 1. The van der Waals surface area contributed by atoms with Gasteiger partial charge in [0.15, 0.2) is 4.67 Å². The maximum absolute atomic E-state index is 13.5. The third kappa shape index (κ3) is 2.35. The van der Waals surface area contributed by atoms with Crippen molar-refractivity contribution in [1.29, 1.82) is 0 Å². The lowest BCUT2D eigenvalue weighted by molar-refractivity contribution is 0.491. The summed E-state index contributed by atoms with van der Waals surface area (Å²) in [6.45, 7) is 0. The first-order valence-electron chi connectivity index (χ1n) is 4.42. The lowest BCUT2D eigenvalue weighted by atomic mass is 10.1. The molecule has 0 radical (unpaired) electrons. The minimum atomic E-state index is -0.505. The zero-order valence-electron chi connectivity index (χ0n) is 7.88. The Labute approximate surface area is 108 Å². The minimum Gasteiger partial charge on any atom is -0.453 e. The Kier molecular flexibility index (Phi) is 3.44. The molecule has 16 heavy (non-hydrogen) atoms. The van der Waals surface area contributed by atoms with E-state index in [4.69, 9.17) is 4.42 Å². The Morgan fingerprint density at radius 1 is 1.12 bits per heavy atom. The van der Waals surface area contributed by atoms with Gasteiger partial charge in [-0.15, -0.1) is 0 Å². The highest BCUT2D eigenvalue weighted by Gasteiger charge is 2.18. The van der Waals surface area contributed by atoms with Crippen molar-refractivity contribution in [1.82, 2.24) is 0 Å². The number of benzene rings is 1. The van der Waals surface area contributed by atoms with Gasteiger partial charge in [0.05, 0.1) is 0 Å². The molecule has 0 saturated carbocycles. The fourth-order valence-corrected chi connectivity index (χ4v) is 2.24. The number of halogens is 4. The Morgan fingerprint density at radius 2 is 1.88 bits per heavy atom. The molecule has 0 saturated heterocycles. The molecule has 2 rings (SSSR count). The number of hydrogen-bond donors (Lipinski definition) is 0. The van der Waals surface area contributed by atoms with Crippen molar-refractivity contribution in [3.05, 3.63) is 58.0 Å². The molecule has 0 fully saturated rings. The van der Waals surface area contributed by atoms with Gasteiger partial charge in [-0.25, -0.2) is 8.78 Å². The smallest absolute Gasteiger partial charge is 0.169 e. The van der Waals surface area contributed by atoms with Gasteiger partial charge in [-0.1, -0.05) is 15.9 Å². The molecule has 1 nitrogen and oxygen atoms in total. The predicted molar refractivity (Wildman–Crippen MR) is 63.5 cm³/mol. The van der Waals surface area contributed by atoms with Crippen LogP contribution in [0.3, 0.4) is 0 Å². The van der Waals surface area contributed by atoms with Gasteiger partial charge in [-0.2, -0.15) is 0 Å². The van der Waals surface area contributed by atoms with Crippen LogP contribution in [0.15, 0.2) is 39.4 Å². The molecule has 0 aliphatic rings. The average molecular weight is 352 g/mol. The molecular weight excluding hydrogens is 346 g/mol. The van der Waals surface area contributed by atoms with E-state index in [1.165, 1.54) is 0 Å². The normalized spacial score (nSPS) is 12.8. The number of rotatable bonds is 2. The second-order valence-corrected chi connectivity index (χ2v) is 4.87. The molecule has 0 N–H and O–H groups in total. The maximum Gasteiger partial charge on any atom is 0.169 e. The van der Waals surface area contributed by atoms with E-state index >= 15 is 0 Å². The van der Waals surface area contributed by atoms with E-state index in [0.717, 1.165) is 18.2 Å². The zero-order valence-corrected chi connectivity index (χ0v) is 11.1. The van der Waals surface area contributed by atoms with Gasteiger partial charge in [0.2, 0.25) is 0 Å². The van der Waals surface area contributed by atoms with Crippen LogP contribution < -0.4 is 0 Å². The molecule has 2 aromatic rings. The lowest BCUT2D eigenvalue weighted by Gasteiger charge is -2.08. The third-order valence-corrected chi connectivity index (χ3v) is 3.45. The lowest BCUT2D eigenvalue weighted by Crippen LogP contribution is -1.96. The summed E-state index contributed by atoms with van der Waals surface area (Å²) in [6, 6.07) is 6.70. The van der Waals surface area contributed by atoms with E-state index in [1.54, 1.807) is 12.1 Å². The first kappa shape index (κ1) is 11.8. The highest BCUT2D eigenvalue weighted by molar-refractivity contribution is 9.10. The van der Waals surface area contributed by atoms with Crippen LogP contribution in [0.1, 0.15) is 16.2 Å². The van der Waals surface area contributed by atoms with Crippen molar-refractivity contribution in [3.63, 3.8) is 0 Å². The topological polar surface area (TPSA) is 13.1 Å². The zero-order chi connectivity index (χ0) is 11.7. The minimum absolute atomic E-state index is 0.210. The summed E-state index contributed by atoms with van der Waals surface area (Å²) in [5.74, 6) is -0.446. The second-order valence-electron chi connectivity index (χ2n) is 3.17. The largest absolute Gasteiger partial charge is 0.453 e. The summed E-state index contributed by atoms with van der Waals surface area (Å²) in [4.78, 5) is -0.505. The van der Waals surface area contributed by atoms with E-state index in [9.17, 15) is 8.78 Å². The molecule has 1 aromatic carbocycles. The fraction of sp³-hybridized carbons (Fsp3) is 0.0909. The van der Waals surface area contributed by atoms with Crippen molar-refractivity contribution in [2.45, 2.75) is 4.83 Å². The molecule has 0 spiro atoms. The molecule has 84 valence electrons. The van der Waals surface area contributed by atoms with Gasteiger partial charge in [0.1, 0.15) is 22.2 Å². The Hall–Kier alpha value is -0.680. The van der Waals surface area contributed by atoms with Crippen LogP contribution in [0.2, 0.25) is 0 Å². The van der Waals surface area contributed by atoms with Crippen LogP contribution in [0.4, 0.5) is 8.78 Å². The van der Waals surface area contributed by atoms with E-state index in [-0.39, 0.29) is 5.56 Å². The van der Waals surface area contributed by atoms with Gasteiger partial charge in [-0.3, -0.25) is 0 Å². The van der Waals surface area contributed by atoms with Gasteiger partial charge >= 0.3 is 0 Å². The Morgan fingerprint density at radius 3 is 2.50 bits per heavy atom. The van der Waals surface area contributed by atoms with E-state index in [2.05, 4.69) is 31.9 Å². The van der Waals surface area contributed by atoms with Crippen molar-refractivity contribution in [3.8, 4) is 0 Å². The van der Waals surface area contributed by atoms with Gasteiger partial charge < -0.3 is 4.42 Å². The first-order chi connectivity index (χ1) is 7.58. The van der Waals surface area contributed by atoms with Crippen molar-refractivity contribution in [2.75, 3.05) is 0 Å². The Bertz CT molecular complexity index is 510. The Balaban J connectivity index is 2.40. The summed E-state index contributed by atoms with van der Waals surface area (Å²) in [6.07, 6.45) is 0. The molecule has 0 aliphatic carbocycles. The van der Waals surface area contributed by atoms with Crippen LogP contribution in [0, 0.1) is 11.6 Å². The van der Waals surface area contributed by atoms with Crippen molar-refractivity contribution in [2.24, 2.45) is 0 Å². The molecule has 0 aliphatic heterocycles. The van der Waals surface area contributed by atoms with Gasteiger partial charge in [0.25, 0.3) is 0 Å². The summed E-state index contributed by atoms with van der Waals surface area (Å²) in [5.41, 5.74) is 0.210. The summed E-state index contributed by atoms with van der Waals surface area (Å²) >= 11 is 6.42. The molecule has 1 atom stereocenters. The number of hydrogen-bond acceptors (Lipinski definition) is 1. The summed E-state index contributed by atoms with van der Waals surface area (Å²) in [7, 11) is 0. The second kappa shape index (κ2) is 4.67. The van der Waals surface area contributed by atoms with E-state index in [0.29, 0.717) is 10.4 Å². The third-order valence-electron chi connectivity index (χ3n) is 2.07. The van der Waals surface area contributed by atoms with Crippen molar-refractivity contribution >= 4 is 31.9 Å². The standard InChI is InChI=1S/C11H6Br2F2O/c12-10-4-3-9(16-10)11(13)7-5-6(14)1-2-8(7)15/h1-5,11H. The molecule has 1 heterocycles. The van der Waals surface area contributed by atoms with Gasteiger partial charge in [-0.05, 0) is 46.3 Å². The van der Waals surface area contributed by atoms with Gasteiger partial charge in [0, 0.05) is 5.56 Å². The quantitative estimate of drug-likeness (QED) is 0.708. The number of furan rings is 1. The van der Waals surface area contributed by atoms with E-state index in [1.807, 2.05) is 0 Å². The maximum atomic E-state index is 13.5. The van der Waals surface area contributed by atoms with Crippen LogP contribution in [-0.2, 0) is 0 Å². The first-order valence-corrected chi connectivity index (χ1v) is 6.13. The predicted octanol–water partition coefficient (Wildman–Crippen LogP) is 4.80. The summed E-state index contributed by atoms with van der Waals surface area (Å²) in [5, 5.41) is 0. The molecule has 0 amide bonds. The fourth-order valence-electron chi connectivity index (χ4n) is 1.33. The van der Waals surface area contributed by atoms with E-state index < -0.39 is 16.5 Å². The molecule has 0 bridgehead atoms. The average Bonchev–Trinajstić information content (AvgIpc) is 2.67.